The van der Waals surface area contributed by atoms with Crippen LogP contribution in [-0.4, -0.2) is 29.8 Å². The van der Waals surface area contributed by atoms with E-state index in [0.29, 0.717) is 25.9 Å². The second kappa shape index (κ2) is 6.11. The summed E-state index contributed by atoms with van der Waals surface area (Å²) in [6.07, 6.45) is 1.30. The van der Waals surface area contributed by atoms with Crippen LogP contribution in [0.5, 0.6) is 0 Å². The van der Waals surface area contributed by atoms with Crippen molar-refractivity contribution in [3.8, 4) is 0 Å². The molecule has 0 radical (unpaired) electrons. The van der Waals surface area contributed by atoms with Crippen LogP contribution in [0, 0.1) is 26.2 Å². The van der Waals surface area contributed by atoms with Gasteiger partial charge < -0.3 is 10.2 Å². The summed E-state index contributed by atoms with van der Waals surface area (Å²) in [6.45, 7) is 11.2. The average molecular weight is 302 g/mol. The Kier molecular flexibility index (Phi) is 4.59. The first-order valence-corrected chi connectivity index (χ1v) is 8.04. The van der Waals surface area contributed by atoms with E-state index in [1.54, 1.807) is 4.90 Å². The molecule has 0 unspecified atom stereocenters. The summed E-state index contributed by atoms with van der Waals surface area (Å²) >= 11 is 0. The zero-order valence-electron chi connectivity index (χ0n) is 14.2. The SMILES string of the molecule is CCN(CC)C(=O)C1(C(=O)Nc2c(C)cc(C)cc2C)CC1. The van der Waals surface area contributed by atoms with Gasteiger partial charge in [0, 0.05) is 18.8 Å². The quantitative estimate of drug-likeness (QED) is 0.849. The fourth-order valence-electron chi connectivity index (χ4n) is 3.09. The van der Waals surface area contributed by atoms with Gasteiger partial charge in [0.1, 0.15) is 5.41 Å². The van der Waals surface area contributed by atoms with E-state index >= 15 is 0 Å². The monoisotopic (exact) mass is 302 g/mol. The molecular formula is C18H26N2O2. The Morgan fingerprint density at radius 3 is 2.00 bits per heavy atom. The molecule has 4 heteroatoms. The largest absolute Gasteiger partial charge is 0.342 e. The molecule has 0 bridgehead atoms. The molecule has 2 rings (SSSR count). The van der Waals surface area contributed by atoms with Crippen molar-refractivity contribution in [3.63, 3.8) is 0 Å². The first kappa shape index (κ1) is 16.5. The van der Waals surface area contributed by atoms with Crippen LogP contribution in [0.2, 0.25) is 0 Å². The predicted octanol–water partition coefficient (Wildman–Crippen LogP) is 3.20. The molecule has 0 aromatic heterocycles. The van der Waals surface area contributed by atoms with Crippen LogP contribution in [0.3, 0.4) is 0 Å². The summed E-state index contributed by atoms with van der Waals surface area (Å²) in [5.74, 6) is -0.183. The van der Waals surface area contributed by atoms with Crippen LogP contribution in [0.25, 0.3) is 0 Å². The van der Waals surface area contributed by atoms with E-state index in [0.717, 1.165) is 16.8 Å². The molecule has 22 heavy (non-hydrogen) atoms. The van der Waals surface area contributed by atoms with Gasteiger partial charge in [0.05, 0.1) is 0 Å². The number of amides is 2. The summed E-state index contributed by atoms with van der Waals surface area (Å²) < 4.78 is 0. The minimum absolute atomic E-state index is 0.0302. The highest BCUT2D eigenvalue weighted by Crippen LogP contribution is 2.48. The Morgan fingerprint density at radius 1 is 1.09 bits per heavy atom. The summed E-state index contributed by atoms with van der Waals surface area (Å²) in [6, 6.07) is 4.10. The van der Waals surface area contributed by atoms with Crippen LogP contribution in [0.4, 0.5) is 5.69 Å². The zero-order chi connectivity index (χ0) is 16.5. The number of aryl methyl sites for hydroxylation is 3. The lowest BCUT2D eigenvalue weighted by atomic mass is 10.0. The Hall–Kier alpha value is -1.84. The van der Waals surface area contributed by atoms with Gasteiger partial charge in [-0.05, 0) is 58.6 Å². The number of nitrogens with zero attached hydrogens (tertiary/aromatic N) is 1. The van der Waals surface area contributed by atoms with E-state index in [1.807, 2.05) is 46.8 Å². The Bertz CT molecular complexity index is 576. The number of carbonyl (C=O) groups excluding carboxylic acids is 2. The Balaban J connectivity index is 2.21. The van der Waals surface area contributed by atoms with Gasteiger partial charge in [-0.25, -0.2) is 0 Å². The van der Waals surface area contributed by atoms with E-state index in [-0.39, 0.29) is 11.8 Å². The van der Waals surface area contributed by atoms with Gasteiger partial charge in [-0.3, -0.25) is 9.59 Å². The lowest BCUT2D eigenvalue weighted by Crippen LogP contribution is -2.43. The second-order valence-electron chi connectivity index (χ2n) is 6.29. The zero-order valence-corrected chi connectivity index (χ0v) is 14.2. The third-order valence-corrected chi connectivity index (χ3v) is 4.56. The third-order valence-electron chi connectivity index (χ3n) is 4.56. The topological polar surface area (TPSA) is 49.4 Å². The standard InChI is InChI=1S/C18H26N2O2/c1-6-20(7-2)17(22)18(8-9-18)16(21)19-15-13(4)10-12(3)11-14(15)5/h10-11H,6-9H2,1-5H3,(H,19,21). The summed E-state index contributed by atoms with van der Waals surface area (Å²) in [7, 11) is 0. The molecule has 4 nitrogen and oxygen atoms in total. The molecule has 1 aromatic carbocycles. The lowest BCUT2D eigenvalue weighted by Gasteiger charge is -2.25. The smallest absolute Gasteiger partial charge is 0.240 e. The van der Waals surface area contributed by atoms with E-state index < -0.39 is 5.41 Å². The van der Waals surface area contributed by atoms with E-state index in [2.05, 4.69) is 5.32 Å². The number of rotatable bonds is 5. The average Bonchev–Trinajstić information content (AvgIpc) is 3.25. The third kappa shape index (κ3) is 2.87. The molecule has 2 amide bonds. The molecule has 1 aromatic rings. The molecule has 1 aliphatic carbocycles. The molecular weight excluding hydrogens is 276 g/mol. The van der Waals surface area contributed by atoms with Crippen LogP contribution in [-0.2, 0) is 9.59 Å². The summed E-state index contributed by atoms with van der Waals surface area (Å²) in [5, 5.41) is 3.01. The van der Waals surface area contributed by atoms with Gasteiger partial charge in [0.25, 0.3) is 0 Å². The van der Waals surface area contributed by atoms with Crippen LogP contribution < -0.4 is 5.32 Å². The molecule has 0 aliphatic heterocycles. The molecule has 1 saturated carbocycles. The molecule has 0 spiro atoms. The minimum Gasteiger partial charge on any atom is -0.342 e. The molecule has 0 heterocycles. The first-order chi connectivity index (χ1) is 10.4. The van der Waals surface area contributed by atoms with E-state index in [9.17, 15) is 9.59 Å². The summed E-state index contributed by atoms with van der Waals surface area (Å²) in [4.78, 5) is 27.1. The summed E-state index contributed by atoms with van der Waals surface area (Å²) in [5.41, 5.74) is 3.26. The molecule has 120 valence electrons. The van der Waals surface area contributed by atoms with Crippen molar-refractivity contribution in [2.24, 2.45) is 5.41 Å². The number of anilines is 1. The highest BCUT2D eigenvalue weighted by Gasteiger charge is 2.57. The molecule has 1 fully saturated rings. The van der Waals surface area contributed by atoms with E-state index in [1.165, 1.54) is 5.56 Å². The van der Waals surface area contributed by atoms with Crippen molar-refractivity contribution in [2.75, 3.05) is 18.4 Å². The van der Waals surface area contributed by atoms with Crippen molar-refractivity contribution in [1.29, 1.82) is 0 Å². The van der Waals surface area contributed by atoms with E-state index in [4.69, 9.17) is 0 Å². The van der Waals surface area contributed by atoms with Gasteiger partial charge in [-0.15, -0.1) is 0 Å². The number of hydrogen-bond acceptors (Lipinski definition) is 2. The maximum Gasteiger partial charge on any atom is 0.240 e. The number of hydrogen-bond donors (Lipinski definition) is 1. The molecule has 1 N–H and O–H groups in total. The van der Waals surface area contributed by atoms with Crippen LogP contribution >= 0.6 is 0 Å². The maximum absolute atomic E-state index is 12.7. The fraction of sp³-hybridized carbons (Fsp3) is 0.556. The molecule has 1 aliphatic rings. The minimum atomic E-state index is -0.838. The van der Waals surface area contributed by atoms with Crippen molar-refractivity contribution in [1.82, 2.24) is 4.90 Å². The van der Waals surface area contributed by atoms with Gasteiger partial charge in [-0.1, -0.05) is 17.7 Å². The lowest BCUT2D eigenvalue weighted by molar-refractivity contribution is -0.141. The predicted molar refractivity (Wildman–Crippen MR) is 88.9 cm³/mol. The van der Waals surface area contributed by atoms with Gasteiger partial charge in [0.15, 0.2) is 0 Å². The fourth-order valence-corrected chi connectivity index (χ4v) is 3.09. The number of nitrogens with one attached hydrogen (secondary N) is 1. The van der Waals surface area contributed by atoms with Gasteiger partial charge in [-0.2, -0.15) is 0 Å². The highest BCUT2D eigenvalue weighted by atomic mass is 16.2. The normalized spacial score (nSPS) is 15.3. The molecule has 0 atom stereocenters. The maximum atomic E-state index is 12.7. The van der Waals surface area contributed by atoms with Crippen molar-refractivity contribution in [3.05, 3.63) is 28.8 Å². The van der Waals surface area contributed by atoms with Crippen LogP contribution in [0.1, 0.15) is 43.4 Å². The van der Waals surface area contributed by atoms with Crippen molar-refractivity contribution in [2.45, 2.75) is 47.5 Å². The Labute approximate surface area is 132 Å². The second-order valence-corrected chi connectivity index (χ2v) is 6.29. The first-order valence-electron chi connectivity index (χ1n) is 8.04. The number of benzene rings is 1. The van der Waals surface area contributed by atoms with Crippen molar-refractivity contribution < 1.29 is 9.59 Å². The van der Waals surface area contributed by atoms with Gasteiger partial charge >= 0.3 is 0 Å². The van der Waals surface area contributed by atoms with Gasteiger partial charge in [0.2, 0.25) is 11.8 Å². The van der Waals surface area contributed by atoms with Crippen LogP contribution in [0.15, 0.2) is 12.1 Å². The Morgan fingerprint density at radius 2 is 1.59 bits per heavy atom. The highest BCUT2D eigenvalue weighted by molar-refractivity contribution is 6.13. The van der Waals surface area contributed by atoms with Crippen molar-refractivity contribution >= 4 is 17.5 Å². The molecule has 0 saturated heterocycles. The number of carbonyl (C=O) groups is 2.